The van der Waals surface area contributed by atoms with Gasteiger partial charge in [-0.25, -0.2) is 14.8 Å². The second-order valence-electron chi connectivity index (χ2n) is 17.1. The molecule has 4 amide bonds. The molecule has 2 fully saturated rings. The Balaban J connectivity index is 1.39. The minimum Gasteiger partial charge on any atom is -0.497 e. The van der Waals surface area contributed by atoms with Crippen molar-refractivity contribution in [3.05, 3.63) is 53.6 Å². The lowest BCUT2D eigenvalue weighted by atomic mass is 9.85. The minimum absolute atomic E-state index is 0.0311. The number of nitrogens with zero attached hydrogens (tertiary/aromatic N) is 3. The van der Waals surface area contributed by atoms with Crippen molar-refractivity contribution in [1.82, 2.24) is 30.8 Å². The number of benzene rings is 1. The molecule has 0 spiro atoms. The van der Waals surface area contributed by atoms with Crippen molar-refractivity contribution in [1.29, 1.82) is 0 Å². The number of thiazole rings is 1. The number of ether oxygens (including phenoxy) is 3. The molecule has 2 aromatic heterocycles. The average molecular weight is 866 g/mol. The molecule has 16 nitrogen and oxygen atoms in total. The Hall–Kier alpha value is -4.99. The zero-order valence-electron chi connectivity index (χ0n) is 35.3. The number of rotatable bonds is 14. The molecule has 5 N–H and O–H groups in total. The van der Waals surface area contributed by atoms with Crippen LogP contribution >= 0.6 is 18.7 Å². The Morgan fingerprint density at radius 1 is 1.12 bits per heavy atom. The van der Waals surface area contributed by atoms with Gasteiger partial charge in [0.2, 0.25) is 25.1 Å². The van der Waals surface area contributed by atoms with Crippen LogP contribution in [0.25, 0.3) is 22.3 Å². The second kappa shape index (κ2) is 17.9. The molecule has 0 radical (unpaired) electrons. The SMILES string of the molecule is C=C1CC[C@](NC(=O)[C@@H]2C=C(Oc3cc(-c4csc(NC(C)C)n4)nc4cc(OC)ccc34)CN2C(=O)C(NC(=O)OC2CCCC2)C(C)(C)C)(P(=O)(O)CC(=O)NC)C1. The van der Waals surface area contributed by atoms with Crippen LogP contribution in [0, 0.1) is 5.41 Å². The number of hydrogen-bond donors (Lipinski definition) is 5. The first-order valence-corrected chi connectivity index (χ1v) is 22.9. The first kappa shape index (κ1) is 44.6. The lowest BCUT2D eigenvalue weighted by molar-refractivity contribution is -0.141. The number of nitrogens with one attached hydrogen (secondary N) is 4. The summed E-state index contributed by atoms with van der Waals surface area (Å²) in [6, 6.07) is 4.73. The standard InChI is InChI=1S/C42H56N7O9PS/c1-24(2)44-39-46-32(23-60-39)31-19-34(29-14-13-27(56-8)17-30(29)45-31)57-28-18-33(37(51)48-42(16-15-25(3)20-42)59(54,55)22-35(50)43-7)49(21-28)38(52)36(41(4,5)6)47-40(53)58-26-11-9-10-12-26/h13-14,17-19,23-24,26,33,36H,3,9-12,15-16,20-22H2,1-2,4-8H3,(H,43,50)(H,44,46)(H,47,53)(H,48,51)(H,54,55)/t33-,36?,42-/m0/s1. The summed E-state index contributed by atoms with van der Waals surface area (Å²) in [6.45, 7) is 13.2. The van der Waals surface area contributed by atoms with Crippen molar-refractivity contribution in [2.75, 3.05) is 32.2 Å². The van der Waals surface area contributed by atoms with Gasteiger partial charge in [0.1, 0.15) is 52.6 Å². The van der Waals surface area contributed by atoms with Crippen molar-refractivity contribution < 1.29 is 42.8 Å². The highest BCUT2D eigenvalue weighted by atomic mass is 32.1. The van der Waals surface area contributed by atoms with Gasteiger partial charge < -0.3 is 45.3 Å². The molecule has 6 rings (SSSR count). The first-order valence-electron chi connectivity index (χ1n) is 20.2. The van der Waals surface area contributed by atoms with E-state index in [0.29, 0.717) is 45.8 Å². The Morgan fingerprint density at radius 3 is 2.48 bits per heavy atom. The molecule has 0 saturated heterocycles. The summed E-state index contributed by atoms with van der Waals surface area (Å²) in [5.41, 5.74) is 1.45. The highest BCUT2D eigenvalue weighted by Crippen LogP contribution is 2.61. The normalized spacial score (nSPS) is 21.0. The zero-order valence-corrected chi connectivity index (χ0v) is 37.0. The smallest absolute Gasteiger partial charge is 0.408 e. The summed E-state index contributed by atoms with van der Waals surface area (Å²) >= 11 is 1.44. The van der Waals surface area contributed by atoms with Crippen molar-refractivity contribution >= 4 is 58.6 Å². The van der Waals surface area contributed by atoms with Crippen molar-refractivity contribution in [3.63, 3.8) is 0 Å². The first-order chi connectivity index (χ1) is 28.3. The molecule has 0 bridgehead atoms. The maximum Gasteiger partial charge on any atom is 0.408 e. The zero-order chi connectivity index (χ0) is 43.6. The Kier molecular flexibility index (Phi) is 13.3. The summed E-state index contributed by atoms with van der Waals surface area (Å²) in [6.07, 6.45) is 3.53. The van der Waals surface area contributed by atoms with E-state index in [1.54, 1.807) is 52.1 Å². The quantitative estimate of drug-likeness (QED) is 0.0892. The number of carbonyl (C=O) groups is 4. The number of carbonyl (C=O) groups excluding carboxylic acids is 4. The maximum absolute atomic E-state index is 14.8. The molecule has 2 saturated carbocycles. The van der Waals surface area contributed by atoms with Gasteiger partial charge in [-0.2, -0.15) is 0 Å². The molecular formula is C42H56N7O9PS. The van der Waals surface area contributed by atoms with Gasteiger partial charge in [-0.05, 0) is 76.0 Å². The molecule has 18 heteroatoms. The van der Waals surface area contributed by atoms with Crippen molar-refractivity contribution in [3.8, 4) is 22.9 Å². The highest BCUT2D eigenvalue weighted by molar-refractivity contribution is 7.60. The number of anilines is 1. The molecule has 3 heterocycles. The van der Waals surface area contributed by atoms with Gasteiger partial charge in [-0.15, -0.1) is 11.3 Å². The van der Waals surface area contributed by atoms with Crippen LogP contribution in [0.4, 0.5) is 9.93 Å². The van der Waals surface area contributed by atoms with Gasteiger partial charge >= 0.3 is 6.09 Å². The molecular weight excluding hydrogens is 810 g/mol. The van der Waals surface area contributed by atoms with Gasteiger partial charge in [-0.1, -0.05) is 32.9 Å². The van der Waals surface area contributed by atoms with E-state index in [2.05, 4.69) is 27.8 Å². The fraction of sp³-hybridized carbons (Fsp3) is 0.524. The predicted molar refractivity (Wildman–Crippen MR) is 230 cm³/mol. The second-order valence-corrected chi connectivity index (χ2v) is 20.5. The van der Waals surface area contributed by atoms with E-state index >= 15 is 0 Å². The van der Waals surface area contributed by atoms with E-state index in [0.717, 1.165) is 30.8 Å². The third-order valence-corrected chi connectivity index (χ3v) is 14.3. The minimum atomic E-state index is -4.40. The Morgan fingerprint density at radius 2 is 1.85 bits per heavy atom. The molecule has 3 aromatic rings. The van der Waals surface area contributed by atoms with Crippen LogP contribution in [-0.2, 0) is 23.7 Å². The number of amides is 4. The predicted octanol–water partition coefficient (Wildman–Crippen LogP) is 6.31. The number of fused-ring (bicyclic) bond motifs is 1. The summed E-state index contributed by atoms with van der Waals surface area (Å²) in [4.78, 5) is 77.5. The number of pyridine rings is 1. The molecule has 1 aromatic carbocycles. The molecule has 324 valence electrons. The number of aromatic nitrogens is 2. The topological polar surface area (TPSA) is 210 Å². The van der Waals surface area contributed by atoms with Crippen LogP contribution in [-0.4, -0.2) is 99.9 Å². The Labute approximate surface area is 354 Å². The van der Waals surface area contributed by atoms with Gasteiger partial charge in [0.15, 0.2) is 5.13 Å². The van der Waals surface area contributed by atoms with Crippen molar-refractivity contribution in [2.45, 2.75) is 109 Å². The highest BCUT2D eigenvalue weighted by Gasteiger charge is 2.54. The molecule has 3 aliphatic rings. The fourth-order valence-electron chi connectivity index (χ4n) is 7.77. The van der Waals surface area contributed by atoms with Crippen molar-refractivity contribution in [2.24, 2.45) is 5.41 Å². The van der Waals surface area contributed by atoms with E-state index in [4.69, 9.17) is 24.2 Å². The van der Waals surface area contributed by atoms with Crippen LogP contribution in [0.5, 0.6) is 11.5 Å². The largest absolute Gasteiger partial charge is 0.497 e. The average Bonchev–Trinajstić information content (AvgIpc) is 4.01. The molecule has 4 atom stereocenters. The molecule has 2 aliphatic carbocycles. The van der Waals surface area contributed by atoms with E-state index in [-0.39, 0.29) is 37.3 Å². The lowest BCUT2D eigenvalue weighted by Gasteiger charge is -2.38. The lowest BCUT2D eigenvalue weighted by Crippen LogP contribution is -2.60. The molecule has 60 heavy (non-hydrogen) atoms. The fourth-order valence-corrected chi connectivity index (χ4v) is 10.7. The van der Waals surface area contributed by atoms with Crippen LogP contribution < -0.4 is 30.7 Å². The van der Waals surface area contributed by atoms with E-state index in [9.17, 15) is 28.6 Å². The number of hydrogen-bond acceptors (Lipinski definition) is 12. The molecule has 2 unspecified atom stereocenters. The van der Waals surface area contributed by atoms with Crippen LogP contribution in [0.1, 0.15) is 79.6 Å². The molecule has 1 aliphatic heterocycles. The maximum atomic E-state index is 14.8. The van der Waals surface area contributed by atoms with Crippen LogP contribution in [0.2, 0.25) is 0 Å². The summed E-state index contributed by atoms with van der Waals surface area (Å²) in [7, 11) is -1.48. The van der Waals surface area contributed by atoms with Crippen LogP contribution in [0.3, 0.4) is 0 Å². The summed E-state index contributed by atoms with van der Waals surface area (Å²) < 4.78 is 31.8. The van der Waals surface area contributed by atoms with Crippen LogP contribution in [0.15, 0.2) is 53.6 Å². The number of methoxy groups -OCH3 is 1. The van der Waals surface area contributed by atoms with Gasteiger partial charge in [0, 0.05) is 42.4 Å². The third kappa shape index (κ3) is 9.96. The number of alkyl carbamates (subject to hydrolysis) is 1. The third-order valence-electron chi connectivity index (χ3n) is 11.0. The summed E-state index contributed by atoms with van der Waals surface area (Å²) in [5, 5.41) is 12.8. The van der Waals surface area contributed by atoms with Gasteiger partial charge in [-0.3, -0.25) is 18.9 Å². The van der Waals surface area contributed by atoms with E-state index < -0.39 is 60.1 Å². The Bertz CT molecular complexity index is 2230. The van der Waals surface area contributed by atoms with Gasteiger partial charge in [0.25, 0.3) is 0 Å². The van der Waals surface area contributed by atoms with Gasteiger partial charge in [0.05, 0.1) is 24.9 Å². The van der Waals surface area contributed by atoms with E-state index in [1.807, 2.05) is 19.2 Å². The summed E-state index contributed by atoms with van der Waals surface area (Å²) in [5.74, 6) is -0.858. The monoisotopic (exact) mass is 865 g/mol. The van der Waals surface area contributed by atoms with E-state index in [1.165, 1.54) is 29.4 Å².